The van der Waals surface area contributed by atoms with E-state index < -0.39 is 11.7 Å². The number of pyridine rings is 1. The van der Waals surface area contributed by atoms with Crippen molar-refractivity contribution in [1.82, 2.24) is 14.5 Å². The Morgan fingerprint density at radius 3 is 2.45 bits per heavy atom. The smallest absolute Gasteiger partial charge is 0.416 e. The number of rotatable bonds is 5. The molecule has 1 aliphatic heterocycles. The Labute approximate surface area is 229 Å². The van der Waals surface area contributed by atoms with Gasteiger partial charge in [-0.1, -0.05) is 31.4 Å². The highest BCUT2D eigenvalue weighted by Gasteiger charge is 2.30. The molecule has 1 saturated carbocycles. The molecule has 2 aliphatic carbocycles. The van der Waals surface area contributed by atoms with E-state index in [-0.39, 0.29) is 6.04 Å². The van der Waals surface area contributed by atoms with E-state index in [2.05, 4.69) is 10.3 Å². The number of hydrogen-bond donors (Lipinski definition) is 1. The number of hydrogen-bond acceptors (Lipinski definition) is 5. The molecular formula is C31H28F3N5O. The Balaban J connectivity index is 1.60. The third-order valence-corrected chi connectivity index (χ3v) is 7.28. The summed E-state index contributed by atoms with van der Waals surface area (Å²) in [6.45, 7) is 0. The van der Waals surface area contributed by atoms with Crippen molar-refractivity contribution in [3.8, 4) is 23.0 Å². The lowest BCUT2D eigenvalue weighted by Crippen LogP contribution is -2.19. The van der Waals surface area contributed by atoms with E-state index >= 15 is 0 Å². The number of nitrogens with zero attached hydrogens (tertiary/aromatic N) is 4. The Bertz CT molecular complexity index is 1690. The van der Waals surface area contributed by atoms with Gasteiger partial charge in [-0.05, 0) is 73.5 Å². The van der Waals surface area contributed by atoms with E-state index in [4.69, 9.17) is 14.7 Å². The number of ether oxygens (including phenoxy) is 1. The van der Waals surface area contributed by atoms with Crippen LogP contribution in [0.1, 0.15) is 37.7 Å². The second-order valence-electron chi connectivity index (χ2n) is 9.94. The molecule has 0 amide bonds. The van der Waals surface area contributed by atoms with Gasteiger partial charge in [0.15, 0.2) is 0 Å². The summed E-state index contributed by atoms with van der Waals surface area (Å²) in [6, 6.07) is 20.7. The van der Waals surface area contributed by atoms with Crippen LogP contribution in [0.5, 0.6) is 5.88 Å². The summed E-state index contributed by atoms with van der Waals surface area (Å²) in [6.07, 6.45) is 2.78. The molecule has 6 nitrogen and oxygen atoms in total. The van der Waals surface area contributed by atoms with E-state index in [0.717, 1.165) is 65.6 Å². The highest BCUT2D eigenvalue weighted by atomic mass is 19.4. The second kappa shape index (κ2) is 10.6. The topological polar surface area (TPSA) is 64.3 Å². The maximum absolute atomic E-state index is 13.3. The SMILES string of the molecule is COc1ncccc1Nc1cc2nc3ccccc3n(-c3ccc(C(F)(F)F)cc3)c-2cc1=NC1CCCCC1. The van der Waals surface area contributed by atoms with Gasteiger partial charge in [0.25, 0.3) is 0 Å². The van der Waals surface area contributed by atoms with Crippen molar-refractivity contribution in [3.63, 3.8) is 0 Å². The summed E-state index contributed by atoms with van der Waals surface area (Å²) in [7, 11) is 1.57. The van der Waals surface area contributed by atoms with Gasteiger partial charge in [-0.25, -0.2) is 9.97 Å². The minimum atomic E-state index is -4.41. The minimum absolute atomic E-state index is 0.190. The van der Waals surface area contributed by atoms with Gasteiger partial charge in [0.1, 0.15) is 5.69 Å². The van der Waals surface area contributed by atoms with E-state index in [9.17, 15) is 13.2 Å². The summed E-state index contributed by atoms with van der Waals surface area (Å²) in [5.41, 5.74) is 4.29. The zero-order chi connectivity index (χ0) is 27.7. The number of methoxy groups -OCH3 is 1. The maximum atomic E-state index is 13.3. The molecule has 0 atom stereocenters. The van der Waals surface area contributed by atoms with Crippen molar-refractivity contribution < 1.29 is 17.9 Å². The summed E-state index contributed by atoms with van der Waals surface area (Å²) in [5.74, 6) is 0.456. The number of nitrogens with one attached hydrogen (secondary N) is 1. The predicted molar refractivity (Wildman–Crippen MR) is 149 cm³/mol. The molecule has 0 saturated heterocycles. The molecule has 1 N–H and O–H groups in total. The Morgan fingerprint density at radius 1 is 0.925 bits per heavy atom. The van der Waals surface area contributed by atoms with Gasteiger partial charge in [0, 0.05) is 11.9 Å². The van der Waals surface area contributed by atoms with E-state index in [1.54, 1.807) is 13.3 Å². The fourth-order valence-corrected chi connectivity index (χ4v) is 5.33. The molecule has 2 aromatic carbocycles. The average molecular weight is 544 g/mol. The van der Waals surface area contributed by atoms with Crippen molar-refractivity contribution in [1.29, 1.82) is 0 Å². The molecule has 0 radical (unpaired) electrons. The quantitative estimate of drug-likeness (QED) is 0.233. The van der Waals surface area contributed by atoms with Crippen molar-refractivity contribution in [2.75, 3.05) is 12.4 Å². The van der Waals surface area contributed by atoms with Crippen LogP contribution in [0.25, 0.3) is 28.1 Å². The van der Waals surface area contributed by atoms with E-state index in [1.165, 1.54) is 18.6 Å². The lowest BCUT2D eigenvalue weighted by Gasteiger charge is -2.22. The van der Waals surface area contributed by atoms with Gasteiger partial charge in [-0.15, -0.1) is 0 Å². The first kappa shape index (κ1) is 25.9. The van der Waals surface area contributed by atoms with Crippen LogP contribution in [0.3, 0.4) is 0 Å². The number of aromatic nitrogens is 3. The number of halogens is 3. The van der Waals surface area contributed by atoms with E-state index in [1.807, 2.05) is 53.1 Å². The second-order valence-corrected chi connectivity index (χ2v) is 9.94. The molecule has 0 unspecified atom stereocenters. The van der Waals surface area contributed by atoms with Crippen LogP contribution >= 0.6 is 0 Å². The molecule has 40 heavy (non-hydrogen) atoms. The molecule has 6 rings (SSSR count). The third kappa shape index (κ3) is 5.11. The molecule has 1 aromatic heterocycles. The number of anilines is 2. The van der Waals surface area contributed by atoms with Gasteiger partial charge < -0.3 is 14.6 Å². The van der Waals surface area contributed by atoms with Crippen LogP contribution in [-0.2, 0) is 6.18 Å². The summed E-state index contributed by atoms with van der Waals surface area (Å²) in [4.78, 5) is 14.4. The summed E-state index contributed by atoms with van der Waals surface area (Å²) >= 11 is 0. The van der Waals surface area contributed by atoms with Crippen molar-refractivity contribution in [2.45, 2.75) is 44.3 Å². The van der Waals surface area contributed by atoms with Crippen molar-refractivity contribution >= 4 is 22.4 Å². The number of alkyl halides is 3. The first-order valence-corrected chi connectivity index (χ1v) is 13.3. The van der Waals surface area contributed by atoms with Crippen LogP contribution in [0, 0.1) is 0 Å². The molecule has 0 bridgehead atoms. The van der Waals surface area contributed by atoms with Gasteiger partial charge in [-0.3, -0.25) is 4.99 Å². The minimum Gasteiger partial charge on any atom is -0.480 e. The fourth-order valence-electron chi connectivity index (χ4n) is 5.33. The number of fused-ring (bicyclic) bond motifs is 2. The highest BCUT2D eigenvalue weighted by molar-refractivity contribution is 5.84. The van der Waals surface area contributed by atoms with E-state index in [0.29, 0.717) is 22.9 Å². The first-order valence-electron chi connectivity index (χ1n) is 13.3. The Hall–Kier alpha value is -4.40. The Morgan fingerprint density at radius 2 is 1.70 bits per heavy atom. The molecule has 2 heterocycles. The standard InChI is InChI=1S/C31H28F3N5O/c1-40-30-24(11-7-17-35-30)38-25-18-27-29(19-26(25)36-21-8-3-2-4-9-21)39(28-12-6-5-10-23(28)37-27)22-15-13-20(14-16-22)31(32,33)34/h5-7,10-19,21,38H,2-4,8-9H2,1H3. The zero-order valence-electron chi connectivity index (χ0n) is 21.9. The summed E-state index contributed by atoms with van der Waals surface area (Å²) in [5, 5.41) is 4.20. The van der Waals surface area contributed by atoms with Crippen molar-refractivity contribution in [2.24, 2.45) is 4.99 Å². The van der Waals surface area contributed by atoms with Gasteiger partial charge in [0.05, 0.1) is 52.2 Å². The largest absolute Gasteiger partial charge is 0.480 e. The lowest BCUT2D eigenvalue weighted by molar-refractivity contribution is -0.137. The average Bonchev–Trinajstić information content (AvgIpc) is 2.97. The van der Waals surface area contributed by atoms with Crippen LogP contribution in [0.4, 0.5) is 24.5 Å². The monoisotopic (exact) mass is 543 g/mol. The lowest BCUT2D eigenvalue weighted by atomic mass is 9.96. The molecule has 3 aromatic rings. The normalized spacial score (nSPS) is 15.1. The van der Waals surface area contributed by atoms with Crippen molar-refractivity contribution in [3.05, 3.63) is 89.9 Å². The maximum Gasteiger partial charge on any atom is 0.416 e. The zero-order valence-corrected chi connectivity index (χ0v) is 21.9. The van der Waals surface area contributed by atoms with Crippen LogP contribution in [-0.4, -0.2) is 27.7 Å². The third-order valence-electron chi connectivity index (χ3n) is 7.28. The van der Waals surface area contributed by atoms with Crippen LogP contribution < -0.4 is 15.4 Å². The molecule has 3 aliphatic rings. The Kier molecular flexibility index (Phi) is 6.88. The van der Waals surface area contributed by atoms with Crippen LogP contribution in [0.15, 0.2) is 84.0 Å². The van der Waals surface area contributed by atoms with Crippen LogP contribution in [0.2, 0.25) is 0 Å². The van der Waals surface area contributed by atoms with Gasteiger partial charge in [0.2, 0.25) is 5.88 Å². The van der Waals surface area contributed by atoms with Gasteiger partial charge in [-0.2, -0.15) is 13.2 Å². The molecule has 0 spiro atoms. The predicted octanol–water partition coefficient (Wildman–Crippen LogP) is 7.53. The fraction of sp³-hybridized carbons (Fsp3) is 0.258. The number of para-hydroxylation sites is 2. The number of benzene rings is 3. The molecule has 1 fully saturated rings. The molecular weight excluding hydrogens is 515 g/mol. The molecule has 9 heteroatoms. The van der Waals surface area contributed by atoms with Gasteiger partial charge >= 0.3 is 6.18 Å². The highest BCUT2D eigenvalue weighted by Crippen LogP contribution is 2.34. The summed E-state index contributed by atoms with van der Waals surface area (Å²) < 4.78 is 47.4. The first-order chi connectivity index (χ1) is 19.4. The molecule has 204 valence electrons.